The molecule has 3 heterocycles. The summed E-state index contributed by atoms with van der Waals surface area (Å²) in [7, 11) is 0. The Balaban J connectivity index is 0.000000268. The Hall–Kier alpha value is -6.39. The van der Waals surface area contributed by atoms with E-state index in [-0.39, 0.29) is 31.2 Å². The smallest absolute Gasteiger partial charge is 0.121 e. The van der Waals surface area contributed by atoms with E-state index in [1.807, 2.05) is 103 Å². The van der Waals surface area contributed by atoms with Gasteiger partial charge < -0.3 is 14.0 Å². The Bertz CT molecular complexity index is 3660. The molecule has 0 fully saturated rings. The number of aryl methyl sites for hydroxylation is 2. The molecule has 0 N–H and O–H groups in total. The number of pyridine rings is 1. The third-order valence-electron chi connectivity index (χ3n) is 11.3. The van der Waals surface area contributed by atoms with Crippen molar-refractivity contribution in [2.75, 3.05) is 0 Å². The van der Waals surface area contributed by atoms with Gasteiger partial charge in [0.05, 0.1) is 22.4 Å². The number of hydrogen-bond donors (Lipinski definition) is 0. The quantitative estimate of drug-likeness (QED) is 0.142. The van der Waals surface area contributed by atoms with E-state index in [2.05, 4.69) is 70.2 Å². The van der Waals surface area contributed by atoms with Gasteiger partial charge in [0.25, 0.3) is 0 Å². The molecule has 1 radical (unpaired) electrons. The summed E-state index contributed by atoms with van der Waals surface area (Å²) >= 11 is 0. The number of rotatable bonds is 8. The van der Waals surface area contributed by atoms with Crippen molar-refractivity contribution >= 4 is 33.0 Å². The molecule has 0 atom stereocenters. The molecule has 5 heteroatoms. The molecule has 333 valence electrons. The van der Waals surface area contributed by atoms with Crippen LogP contribution in [-0.4, -0.2) is 14.5 Å². The Morgan fingerprint density at radius 1 is 0.697 bits per heavy atom. The fourth-order valence-electron chi connectivity index (χ4n) is 8.26. The first-order valence-electron chi connectivity index (χ1n) is 26.8. The molecule has 0 aliphatic rings. The van der Waals surface area contributed by atoms with Gasteiger partial charge in [0.2, 0.25) is 0 Å². The van der Waals surface area contributed by atoms with Gasteiger partial charge in [-0.3, -0.25) is 4.98 Å². The topological polar surface area (TPSA) is 43.9 Å². The van der Waals surface area contributed by atoms with Crippen LogP contribution >= 0.6 is 0 Å². The Labute approximate surface area is 418 Å². The van der Waals surface area contributed by atoms with Crippen molar-refractivity contribution < 1.29 is 38.2 Å². The average molecular weight is 1050 g/mol. The molecule has 66 heavy (non-hydrogen) atoms. The third-order valence-corrected chi connectivity index (χ3v) is 11.3. The summed E-state index contributed by atoms with van der Waals surface area (Å²) in [6.45, 7) is 8.64. The number of benzene rings is 7. The van der Waals surface area contributed by atoms with Crippen molar-refractivity contribution in [3.05, 3.63) is 198 Å². The van der Waals surface area contributed by atoms with Crippen LogP contribution < -0.4 is 0 Å². The van der Waals surface area contributed by atoms with Gasteiger partial charge in [-0.05, 0) is 111 Å². The number of furan rings is 1. The van der Waals surface area contributed by atoms with E-state index in [1.165, 1.54) is 12.3 Å². The zero-order valence-corrected chi connectivity index (χ0v) is 40.5. The van der Waals surface area contributed by atoms with Crippen LogP contribution in [0.4, 0.5) is 0 Å². The van der Waals surface area contributed by atoms with E-state index in [4.69, 9.17) is 20.4 Å². The predicted octanol–water partition coefficient (Wildman–Crippen LogP) is 16.7. The predicted molar refractivity (Wildman–Crippen MR) is 273 cm³/mol. The van der Waals surface area contributed by atoms with Crippen LogP contribution in [0.3, 0.4) is 0 Å². The van der Waals surface area contributed by atoms with Gasteiger partial charge in [-0.15, -0.1) is 53.6 Å². The van der Waals surface area contributed by atoms with Crippen molar-refractivity contribution in [2.24, 2.45) is 5.41 Å². The Morgan fingerprint density at radius 3 is 2.00 bits per heavy atom. The summed E-state index contributed by atoms with van der Waals surface area (Å²) in [6.07, 6.45) is 0.0411. The molecule has 0 amide bonds. The van der Waals surface area contributed by atoms with Crippen LogP contribution in [0.5, 0.6) is 0 Å². The molecule has 10 aromatic rings. The van der Waals surface area contributed by atoms with Crippen molar-refractivity contribution in [3.63, 3.8) is 0 Å². The van der Waals surface area contributed by atoms with Crippen LogP contribution in [0.15, 0.2) is 162 Å². The fourth-order valence-corrected chi connectivity index (χ4v) is 8.26. The molecule has 7 aromatic carbocycles. The molecule has 10 rings (SSSR count). The standard InChI is InChI=1S/C44H37N2O.C17H20N.Ir/c1-27(2)37-25-33(32-21-19-31(20-22-32)30-12-7-6-8-13-30)26-38(28(3)4)42(37)46-40-17-10-9-16-39(40)45-44(46)36-15-11-14-35-34-23-18-29(5)24-41(34)47-43(35)36;1-13-5-8-15(9-6-13)16-10-7-14(12-18-16)11-17(2,3)4;/h6-14,16-28H,1-5H3;5-8,10,12H,11H2,1-4H3;/q2*-1;/i5D3,27D,28D;1D3,11D2;. The molecule has 0 saturated heterocycles. The molecular weight excluding hydrogens is 983 g/mol. The molecule has 0 unspecified atom stereocenters. The second-order valence-corrected chi connectivity index (χ2v) is 17.8. The number of para-hydroxylation sites is 2. The second kappa shape index (κ2) is 19.2. The monoisotopic (exact) mass is 1050 g/mol. The molecule has 0 bridgehead atoms. The van der Waals surface area contributed by atoms with Gasteiger partial charge in [0.1, 0.15) is 5.58 Å². The molecule has 0 aliphatic heterocycles. The summed E-state index contributed by atoms with van der Waals surface area (Å²) in [5, 5.41) is 1.61. The van der Waals surface area contributed by atoms with Crippen LogP contribution in [0, 0.1) is 31.3 Å². The molecule has 3 aromatic heterocycles. The first-order valence-corrected chi connectivity index (χ1v) is 21.8. The van der Waals surface area contributed by atoms with Crippen LogP contribution in [0.2, 0.25) is 0 Å². The van der Waals surface area contributed by atoms with Gasteiger partial charge in [-0.25, -0.2) is 0 Å². The first kappa shape index (κ1) is 34.9. The Morgan fingerprint density at radius 2 is 1.36 bits per heavy atom. The summed E-state index contributed by atoms with van der Waals surface area (Å²) in [4.78, 5) is 9.47. The minimum absolute atomic E-state index is 0. The van der Waals surface area contributed by atoms with E-state index in [0.29, 0.717) is 39.4 Å². The van der Waals surface area contributed by atoms with E-state index in [1.54, 1.807) is 42.5 Å². The van der Waals surface area contributed by atoms with Crippen LogP contribution in [0.1, 0.15) is 102 Å². The SMILES string of the molecule is [2H]C([2H])([2H])c1c[c-]c(-c2ccc(C([2H])([2H])C(C)(C)C)cn2)cc1.[2H]C([2H])([2H])c1ccc2c(c1)oc1c(-c3nc4ccccc4n3-c3c(C([2H])(C)C)cc(-c4ccc(-c5ccccc5)cc4)cc3C([2H])(C)C)[c-]ccc12.[Ir]. The zero-order valence-electron chi connectivity index (χ0n) is 48.1. The maximum Gasteiger partial charge on any atom is 0.121 e. The number of aromatic nitrogens is 3. The van der Waals surface area contributed by atoms with E-state index >= 15 is 0 Å². The summed E-state index contributed by atoms with van der Waals surface area (Å²) in [6, 6.07) is 53.9. The molecular formula is C61H57IrN3O-2. The maximum absolute atomic E-state index is 9.51. The molecule has 0 aliphatic carbocycles. The van der Waals surface area contributed by atoms with E-state index in [0.717, 1.165) is 60.9 Å². The fraction of sp³-hybridized carbons (Fsp3) is 0.213. The molecule has 4 nitrogen and oxygen atoms in total. The van der Waals surface area contributed by atoms with E-state index < -0.39 is 37.3 Å². The van der Waals surface area contributed by atoms with Crippen molar-refractivity contribution in [1.29, 1.82) is 0 Å². The average Bonchev–Trinajstić information content (AvgIpc) is 3.99. The van der Waals surface area contributed by atoms with Crippen molar-refractivity contribution in [2.45, 2.75) is 80.3 Å². The number of fused-ring (bicyclic) bond motifs is 4. The summed E-state index contributed by atoms with van der Waals surface area (Å²) in [5.74, 6) is -1.59. The van der Waals surface area contributed by atoms with E-state index in [9.17, 15) is 2.74 Å². The number of hydrogen-bond acceptors (Lipinski definition) is 3. The summed E-state index contributed by atoms with van der Waals surface area (Å²) in [5.41, 5.74) is 11.3. The largest absolute Gasteiger partial charge is 0.501 e. The van der Waals surface area contributed by atoms with Gasteiger partial charge in [-0.2, -0.15) is 0 Å². The van der Waals surface area contributed by atoms with Crippen molar-refractivity contribution in [1.82, 2.24) is 14.5 Å². The maximum atomic E-state index is 9.51. The number of imidazole rings is 1. The molecule has 0 saturated carbocycles. The summed E-state index contributed by atoms with van der Waals surface area (Å²) < 4.78 is 89.9. The zero-order chi connectivity index (χ0) is 54.0. The van der Waals surface area contributed by atoms with Gasteiger partial charge in [0, 0.05) is 51.1 Å². The minimum Gasteiger partial charge on any atom is -0.501 e. The second-order valence-electron chi connectivity index (χ2n) is 17.8. The number of nitrogens with zero attached hydrogens (tertiary/aromatic N) is 3. The minimum atomic E-state index is -2.27. The van der Waals surface area contributed by atoms with Gasteiger partial charge in [-0.1, -0.05) is 157 Å². The normalized spacial score (nSPS) is 14.8. The third kappa shape index (κ3) is 9.61. The Kier molecular flexibility index (Phi) is 10.2. The van der Waals surface area contributed by atoms with Gasteiger partial charge in [0.15, 0.2) is 0 Å². The van der Waals surface area contributed by atoms with Crippen molar-refractivity contribution in [3.8, 4) is 50.6 Å². The first-order chi connectivity index (χ1) is 35.1. The molecule has 0 spiro atoms. The van der Waals surface area contributed by atoms with Crippen LogP contribution in [0.25, 0.3) is 83.6 Å². The van der Waals surface area contributed by atoms with Gasteiger partial charge >= 0.3 is 0 Å². The van der Waals surface area contributed by atoms with Crippen LogP contribution in [-0.2, 0) is 26.5 Å².